The summed E-state index contributed by atoms with van der Waals surface area (Å²) < 4.78 is 4.24. The molecule has 3 N–H and O–H groups in total. The molecule has 2 heterocycles. The van der Waals surface area contributed by atoms with Gasteiger partial charge in [0.1, 0.15) is 6.54 Å². The molecule has 0 unspecified atom stereocenters. The molecule has 238 valence electrons. The minimum absolute atomic E-state index is 0.0249. The van der Waals surface area contributed by atoms with E-state index in [2.05, 4.69) is 83.3 Å². The molecule has 2 aliphatic rings. The molecule has 6 rings (SSSR count). The lowest BCUT2D eigenvalue weighted by Gasteiger charge is -2.30. The number of rotatable bonds is 12. The lowest BCUT2D eigenvalue weighted by atomic mass is 9.81. The van der Waals surface area contributed by atoms with Crippen LogP contribution >= 0.6 is 11.8 Å². The summed E-state index contributed by atoms with van der Waals surface area (Å²) in [5.41, 5.74) is 7.54. The van der Waals surface area contributed by atoms with Crippen molar-refractivity contribution in [3.05, 3.63) is 124 Å². The van der Waals surface area contributed by atoms with Gasteiger partial charge in [-0.25, -0.2) is 9.13 Å². The van der Waals surface area contributed by atoms with E-state index in [0.29, 0.717) is 36.5 Å². The van der Waals surface area contributed by atoms with E-state index in [0.717, 1.165) is 33.1 Å². The average Bonchev–Trinajstić information content (AvgIpc) is 3.49. The van der Waals surface area contributed by atoms with Crippen molar-refractivity contribution in [2.45, 2.75) is 45.8 Å². The largest absolute Gasteiger partial charge is 0.396 e. The highest BCUT2D eigenvalue weighted by Gasteiger charge is 2.43. The Balaban J connectivity index is 1.50. The molecule has 0 amide bonds. The highest BCUT2D eigenvalue weighted by atomic mass is 32.2. The summed E-state index contributed by atoms with van der Waals surface area (Å²) in [6.07, 6.45) is 4.02. The summed E-state index contributed by atoms with van der Waals surface area (Å²) in [7, 11) is 0. The molecule has 0 spiro atoms. The van der Waals surface area contributed by atoms with Crippen LogP contribution < -0.4 is 9.47 Å². The normalized spacial score (nSPS) is 17.5. The number of benzene rings is 3. The second kappa shape index (κ2) is 13.4. The van der Waals surface area contributed by atoms with Gasteiger partial charge in [0.2, 0.25) is 0 Å². The maximum absolute atomic E-state index is 14.2. The van der Waals surface area contributed by atoms with Crippen molar-refractivity contribution in [1.82, 2.24) is 4.57 Å². The first-order valence-corrected chi connectivity index (χ1v) is 16.9. The van der Waals surface area contributed by atoms with E-state index in [4.69, 9.17) is 0 Å². The zero-order chi connectivity index (χ0) is 32.4. The summed E-state index contributed by atoms with van der Waals surface area (Å²) in [4.78, 5) is 17.4. The fourth-order valence-corrected chi connectivity index (χ4v) is 7.88. The zero-order valence-electron chi connectivity index (χ0n) is 26.7. The summed E-state index contributed by atoms with van der Waals surface area (Å²) >= 11 is 1.51. The second-order valence-electron chi connectivity index (χ2n) is 12.4. The van der Waals surface area contributed by atoms with Gasteiger partial charge in [0.25, 0.3) is 5.82 Å². The summed E-state index contributed by atoms with van der Waals surface area (Å²) in [6.45, 7) is 7.99. The summed E-state index contributed by atoms with van der Waals surface area (Å²) in [5.74, 6) is 0.997. The van der Waals surface area contributed by atoms with E-state index in [1.807, 2.05) is 42.5 Å². The van der Waals surface area contributed by atoms with Gasteiger partial charge in [0.15, 0.2) is 16.8 Å². The van der Waals surface area contributed by atoms with Crippen LogP contribution in [0.5, 0.6) is 0 Å². The molecule has 0 atom stereocenters. The number of aliphatic hydroxyl groups excluding tert-OH is 3. The quantitative estimate of drug-likeness (QED) is 0.143. The van der Waals surface area contributed by atoms with Crippen molar-refractivity contribution >= 4 is 40.3 Å². The minimum atomic E-state index is -0.342. The number of aromatic nitrogens is 2. The van der Waals surface area contributed by atoms with Gasteiger partial charge in [0, 0.05) is 70.4 Å². The number of imidazole rings is 1. The van der Waals surface area contributed by atoms with Gasteiger partial charge in [0.05, 0.1) is 13.2 Å². The average molecular weight is 637 g/mol. The van der Waals surface area contributed by atoms with Gasteiger partial charge < -0.3 is 20.2 Å². The Morgan fingerprint density at radius 2 is 1.61 bits per heavy atom. The van der Waals surface area contributed by atoms with Crippen LogP contribution in [0.2, 0.25) is 0 Å². The zero-order valence-corrected chi connectivity index (χ0v) is 27.5. The number of aliphatic hydroxyl groups is 3. The molecule has 3 aromatic carbocycles. The molecule has 0 saturated carbocycles. The van der Waals surface area contributed by atoms with Crippen molar-refractivity contribution in [1.29, 1.82) is 0 Å². The van der Waals surface area contributed by atoms with E-state index in [1.54, 1.807) is 0 Å². The molecule has 4 aromatic rings. The first kappa shape index (κ1) is 32.0. The molecule has 1 aliphatic carbocycles. The Bertz CT molecular complexity index is 1850. The third kappa shape index (κ3) is 5.64. The van der Waals surface area contributed by atoms with Crippen LogP contribution in [0.1, 0.15) is 37.7 Å². The molecule has 46 heavy (non-hydrogen) atoms. The number of hydrogen-bond donors (Lipinski definition) is 3. The van der Waals surface area contributed by atoms with Crippen LogP contribution in [0.4, 0.5) is 5.69 Å². The number of carbonyl (C=O) groups excluding carboxylic acids is 1. The van der Waals surface area contributed by atoms with E-state index in [9.17, 15) is 20.1 Å². The van der Waals surface area contributed by atoms with Crippen molar-refractivity contribution in [3.8, 4) is 0 Å². The first-order chi connectivity index (χ1) is 22.3. The van der Waals surface area contributed by atoms with Crippen LogP contribution in [0.3, 0.4) is 0 Å². The monoisotopic (exact) mass is 636 g/mol. The summed E-state index contributed by atoms with van der Waals surface area (Å²) in [5, 5.41) is 29.7. The Hall–Kier alpha value is -3.95. The van der Waals surface area contributed by atoms with E-state index in [-0.39, 0.29) is 36.9 Å². The lowest BCUT2D eigenvalue weighted by molar-refractivity contribution is -0.675. The number of Topliss-reactive ketones (excluding diaryl/α,β-unsaturated/α-hetero) is 1. The molecule has 0 fully saturated rings. The molecule has 0 saturated heterocycles. The van der Waals surface area contributed by atoms with Crippen LogP contribution in [0.15, 0.2) is 107 Å². The van der Waals surface area contributed by atoms with Gasteiger partial charge >= 0.3 is 0 Å². The fourth-order valence-electron chi connectivity index (χ4n) is 6.66. The molecular weight excluding hydrogens is 595 g/mol. The number of thioether (sulfide) groups is 1. The number of hydrogen-bond acceptors (Lipinski definition) is 6. The van der Waals surface area contributed by atoms with Gasteiger partial charge in [-0.15, -0.1) is 11.8 Å². The van der Waals surface area contributed by atoms with Crippen LogP contribution in [0.25, 0.3) is 17.1 Å². The van der Waals surface area contributed by atoms with Crippen molar-refractivity contribution in [3.63, 3.8) is 0 Å². The Labute approximate surface area is 274 Å². The summed E-state index contributed by atoms with van der Waals surface area (Å²) in [6, 6.07) is 26.9. The second-order valence-corrected chi connectivity index (χ2v) is 13.4. The van der Waals surface area contributed by atoms with Crippen molar-refractivity contribution in [2.24, 2.45) is 5.92 Å². The molecule has 7 nitrogen and oxygen atoms in total. The number of anilines is 1. The van der Waals surface area contributed by atoms with Crippen LogP contribution in [-0.2, 0) is 29.8 Å². The van der Waals surface area contributed by atoms with Crippen molar-refractivity contribution < 1.29 is 24.7 Å². The van der Waals surface area contributed by atoms with Crippen LogP contribution in [-0.4, -0.2) is 51.2 Å². The number of ketones is 1. The molecule has 0 bridgehead atoms. The van der Waals surface area contributed by atoms with Gasteiger partial charge in [-0.05, 0) is 42.3 Å². The molecular formula is C38H42N3O4S+. The van der Waals surface area contributed by atoms with Gasteiger partial charge in [-0.2, -0.15) is 0 Å². The third-order valence-corrected chi connectivity index (χ3v) is 10.5. The lowest BCUT2D eigenvalue weighted by Crippen LogP contribution is -2.38. The highest BCUT2D eigenvalue weighted by Crippen LogP contribution is 2.50. The van der Waals surface area contributed by atoms with E-state index >= 15 is 0 Å². The number of carbonyl (C=O) groups is 1. The molecule has 0 radical (unpaired) electrons. The minimum Gasteiger partial charge on any atom is -0.396 e. The smallest absolute Gasteiger partial charge is 0.283 e. The topological polar surface area (TPSA) is 89.8 Å². The predicted molar refractivity (Wildman–Crippen MR) is 185 cm³/mol. The number of aryl methyl sites for hydroxylation is 1. The van der Waals surface area contributed by atoms with Gasteiger partial charge in [-0.3, -0.25) is 4.79 Å². The Morgan fingerprint density at radius 1 is 0.913 bits per heavy atom. The third-order valence-electron chi connectivity index (χ3n) is 9.15. The van der Waals surface area contributed by atoms with Crippen LogP contribution in [0, 0.1) is 5.92 Å². The highest BCUT2D eigenvalue weighted by molar-refractivity contribution is 8.03. The van der Waals surface area contributed by atoms with E-state index in [1.165, 1.54) is 22.9 Å². The van der Waals surface area contributed by atoms with E-state index < -0.39 is 0 Å². The maximum atomic E-state index is 14.2. The SMILES string of the molecule is CCn1c(/C=C2\C(=O)C(/C=C3/N(Cc4ccccc4)c4ccccc4C3(C)C)=C2SCC(CO)CO)[n+](CCO)c2ccccc21. The Kier molecular flexibility index (Phi) is 9.34. The molecule has 8 heteroatoms. The predicted octanol–water partition coefficient (Wildman–Crippen LogP) is 5.38. The fraction of sp³-hybridized carbons (Fsp3) is 0.316. The number of allylic oxidation sites excluding steroid dienone is 4. The Morgan fingerprint density at radius 3 is 2.33 bits per heavy atom. The number of fused-ring (bicyclic) bond motifs is 2. The van der Waals surface area contributed by atoms with Gasteiger partial charge in [-0.1, -0.05) is 74.5 Å². The van der Waals surface area contributed by atoms with Crippen molar-refractivity contribution in [2.75, 3.05) is 30.5 Å². The molecule has 1 aliphatic heterocycles. The molecule has 1 aromatic heterocycles. The first-order valence-electron chi connectivity index (χ1n) is 15.9. The maximum Gasteiger partial charge on any atom is 0.283 e. The number of para-hydroxylation sites is 3. The standard InChI is InChI=1S/C38H42N3O4S/c1-4-39-32-16-10-11-17-33(32)40(18-19-42)35(39)21-29-36(45)28(37(29)46-25-27(23-43)24-44)20-34-38(2,3)30-14-8-9-15-31(30)41(34)22-26-12-6-5-7-13-26/h5-17,20-21,27,42-44H,4,18-19,22-25H2,1-3H3/q+1. The number of nitrogens with zero attached hydrogens (tertiary/aromatic N) is 3.